The van der Waals surface area contributed by atoms with Gasteiger partial charge in [-0.05, 0) is 75.1 Å². The van der Waals surface area contributed by atoms with Crippen LogP contribution in [0.4, 0.5) is 5.69 Å². The second-order valence-electron chi connectivity index (χ2n) is 8.72. The maximum atomic E-state index is 13.3. The van der Waals surface area contributed by atoms with Crippen molar-refractivity contribution in [2.24, 2.45) is 0 Å². The first-order valence-electron chi connectivity index (χ1n) is 11.7. The topological polar surface area (TPSA) is 96.0 Å². The number of anilines is 1. The number of rotatable bonds is 12. The van der Waals surface area contributed by atoms with Crippen LogP contribution in [0.5, 0.6) is 5.75 Å². The molecule has 0 fully saturated rings. The maximum absolute atomic E-state index is 13.3. The third-order valence-corrected chi connectivity index (χ3v) is 6.87. The quantitative estimate of drug-likeness (QED) is 0.479. The van der Waals surface area contributed by atoms with E-state index >= 15 is 0 Å². The Labute approximate surface area is 209 Å². The van der Waals surface area contributed by atoms with E-state index in [1.54, 1.807) is 14.0 Å². The highest BCUT2D eigenvalue weighted by atomic mass is 32.2. The first-order chi connectivity index (χ1) is 16.5. The van der Waals surface area contributed by atoms with E-state index < -0.39 is 16.1 Å². The van der Waals surface area contributed by atoms with Crippen molar-refractivity contribution in [2.45, 2.75) is 53.1 Å². The van der Waals surface area contributed by atoms with E-state index in [4.69, 9.17) is 4.74 Å². The van der Waals surface area contributed by atoms with Gasteiger partial charge in [-0.1, -0.05) is 18.2 Å². The lowest BCUT2D eigenvalue weighted by atomic mass is 10.1. The molecule has 0 aliphatic carbocycles. The molecule has 2 aromatic carbocycles. The van der Waals surface area contributed by atoms with Gasteiger partial charge in [0.25, 0.3) is 0 Å². The summed E-state index contributed by atoms with van der Waals surface area (Å²) in [5.74, 6) is 0.256. The minimum absolute atomic E-state index is 0.108. The Morgan fingerprint density at radius 1 is 1.06 bits per heavy atom. The number of sulfonamides is 1. The summed E-state index contributed by atoms with van der Waals surface area (Å²) in [6.45, 7) is 8.25. The van der Waals surface area contributed by atoms with Crippen LogP contribution < -0.4 is 14.4 Å². The Morgan fingerprint density at radius 2 is 1.66 bits per heavy atom. The van der Waals surface area contributed by atoms with Gasteiger partial charge in [0.2, 0.25) is 21.8 Å². The van der Waals surface area contributed by atoms with Gasteiger partial charge in [-0.3, -0.25) is 13.9 Å². The number of benzene rings is 2. The number of carbonyl (C=O) groups excluding carboxylic acids is 2. The summed E-state index contributed by atoms with van der Waals surface area (Å²) in [6, 6.07) is 12.3. The second kappa shape index (κ2) is 12.6. The number of methoxy groups -OCH3 is 1. The third kappa shape index (κ3) is 8.28. The molecule has 0 aromatic heterocycles. The average Bonchev–Trinajstić information content (AvgIpc) is 2.78. The first kappa shape index (κ1) is 28.2. The number of nitrogens with zero attached hydrogens (tertiary/aromatic N) is 2. The number of amides is 2. The highest BCUT2D eigenvalue weighted by molar-refractivity contribution is 7.92. The van der Waals surface area contributed by atoms with Crippen molar-refractivity contribution in [3.63, 3.8) is 0 Å². The van der Waals surface area contributed by atoms with Gasteiger partial charge in [0.15, 0.2) is 0 Å². The van der Waals surface area contributed by atoms with Crippen molar-refractivity contribution in [3.8, 4) is 5.75 Å². The lowest BCUT2D eigenvalue weighted by molar-refractivity contribution is -0.140. The Morgan fingerprint density at radius 3 is 2.17 bits per heavy atom. The maximum Gasteiger partial charge on any atom is 0.242 e. The van der Waals surface area contributed by atoms with Gasteiger partial charge in [-0.25, -0.2) is 8.42 Å². The lowest BCUT2D eigenvalue weighted by Gasteiger charge is -2.29. The van der Waals surface area contributed by atoms with E-state index in [0.717, 1.165) is 16.7 Å². The zero-order valence-electron chi connectivity index (χ0n) is 21.5. The van der Waals surface area contributed by atoms with Gasteiger partial charge >= 0.3 is 0 Å². The largest absolute Gasteiger partial charge is 0.497 e. The molecule has 0 aliphatic heterocycles. The van der Waals surface area contributed by atoms with Gasteiger partial charge in [0.05, 0.1) is 19.1 Å². The Bertz CT molecular complexity index is 1100. The molecule has 2 rings (SSSR count). The molecule has 0 heterocycles. The summed E-state index contributed by atoms with van der Waals surface area (Å²) >= 11 is 0. The molecule has 35 heavy (non-hydrogen) atoms. The number of hydrogen-bond acceptors (Lipinski definition) is 5. The van der Waals surface area contributed by atoms with Crippen LogP contribution in [-0.4, -0.2) is 57.6 Å². The molecular formula is C26H37N3O5S. The minimum atomic E-state index is -3.53. The first-order valence-corrected chi connectivity index (χ1v) is 13.6. The number of hydrogen-bond donors (Lipinski definition) is 1. The molecule has 0 unspecified atom stereocenters. The summed E-state index contributed by atoms with van der Waals surface area (Å²) in [4.78, 5) is 27.3. The molecule has 0 bridgehead atoms. The number of likely N-dealkylation sites (N-methyl/N-ethyl adjacent to an activating group) is 1. The lowest BCUT2D eigenvalue weighted by Crippen LogP contribution is -2.47. The zero-order valence-corrected chi connectivity index (χ0v) is 22.3. The van der Waals surface area contributed by atoms with Crippen LogP contribution in [0.3, 0.4) is 0 Å². The zero-order chi connectivity index (χ0) is 26.2. The van der Waals surface area contributed by atoms with E-state index in [0.29, 0.717) is 24.4 Å². The van der Waals surface area contributed by atoms with Crippen molar-refractivity contribution in [1.82, 2.24) is 10.2 Å². The van der Waals surface area contributed by atoms with E-state index in [9.17, 15) is 18.0 Å². The molecule has 0 saturated carbocycles. The van der Waals surface area contributed by atoms with Crippen molar-refractivity contribution in [1.29, 1.82) is 0 Å². The molecule has 2 aromatic rings. The van der Waals surface area contributed by atoms with Crippen LogP contribution in [0.1, 0.15) is 43.4 Å². The van der Waals surface area contributed by atoms with Crippen LogP contribution in [0.15, 0.2) is 42.5 Å². The SMILES string of the molecule is CCNC(=O)[C@H](C)N(Cc1ccc(OC)cc1)C(=O)CCCN(c1cc(C)cc(C)c1)S(C)(=O)=O. The van der Waals surface area contributed by atoms with E-state index in [-0.39, 0.29) is 31.3 Å². The van der Waals surface area contributed by atoms with Crippen LogP contribution in [0.25, 0.3) is 0 Å². The van der Waals surface area contributed by atoms with Gasteiger partial charge in [0.1, 0.15) is 11.8 Å². The normalized spacial score (nSPS) is 12.1. The molecule has 1 atom stereocenters. The van der Waals surface area contributed by atoms with E-state index in [1.165, 1.54) is 15.5 Å². The fourth-order valence-electron chi connectivity index (χ4n) is 3.93. The number of nitrogens with one attached hydrogen (secondary N) is 1. The molecular weight excluding hydrogens is 466 g/mol. The fourth-order valence-corrected chi connectivity index (χ4v) is 4.88. The second-order valence-corrected chi connectivity index (χ2v) is 10.6. The molecule has 9 heteroatoms. The van der Waals surface area contributed by atoms with Crippen molar-refractivity contribution >= 4 is 27.5 Å². The van der Waals surface area contributed by atoms with E-state index in [2.05, 4.69) is 5.32 Å². The molecule has 0 radical (unpaired) electrons. The van der Waals surface area contributed by atoms with Crippen LogP contribution in [0, 0.1) is 13.8 Å². The molecule has 0 aliphatic rings. The summed E-state index contributed by atoms with van der Waals surface area (Å²) in [6.07, 6.45) is 1.59. The monoisotopic (exact) mass is 503 g/mol. The summed E-state index contributed by atoms with van der Waals surface area (Å²) in [5, 5.41) is 2.77. The van der Waals surface area contributed by atoms with Gasteiger partial charge in [-0.2, -0.15) is 0 Å². The predicted molar refractivity (Wildman–Crippen MR) is 139 cm³/mol. The number of ether oxygens (including phenoxy) is 1. The Kier molecular flexibility index (Phi) is 10.1. The third-order valence-electron chi connectivity index (χ3n) is 5.68. The van der Waals surface area contributed by atoms with Crippen LogP contribution in [0.2, 0.25) is 0 Å². The molecule has 8 nitrogen and oxygen atoms in total. The highest BCUT2D eigenvalue weighted by Crippen LogP contribution is 2.22. The smallest absolute Gasteiger partial charge is 0.242 e. The van der Waals surface area contributed by atoms with Crippen LogP contribution >= 0.6 is 0 Å². The Balaban J connectivity index is 2.18. The van der Waals surface area contributed by atoms with Crippen molar-refractivity contribution < 1.29 is 22.7 Å². The van der Waals surface area contributed by atoms with Crippen molar-refractivity contribution in [3.05, 3.63) is 59.2 Å². The molecule has 0 spiro atoms. The highest BCUT2D eigenvalue weighted by Gasteiger charge is 2.26. The average molecular weight is 504 g/mol. The van der Waals surface area contributed by atoms with Gasteiger partial charge < -0.3 is 15.0 Å². The van der Waals surface area contributed by atoms with Crippen molar-refractivity contribution in [2.75, 3.05) is 30.8 Å². The summed E-state index contributed by atoms with van der Waals surface area (Å²) in [7, 11) is -1.95. The van der Waals surface area contributed by atoms with E-state index in [1.807, 2.05) is 63.2 Å². The fraction of sp³-hybridized carbons (Fsp3) is 0.462. The van der Waals surface area contributed by atoms with Gasteiger partial charge in [0, 0.05) is 26.1 Å². The Hall–Kier alpha value is -3.07. The standard InChI is InChI=1S/C26H37N3O5S/c1-7-27-26(31)21(4)28(18-22-10-12-24(34-5)13-11-22)25(30)9-8-14-29(35(6,32)33)23-16-19(2)15-20(3)17-23/h10-13,15-17,21H,7-9,14,18H2,1-6H3,(H,27,31)/t21-/m0/s1. The number of aryl methyl sites for hydroxylation is 2. The van der Waals surface area contributed by atoms with Gasteiger partial charge in [-0.15, -0.1) is 0 Å². The predicted octanol–water partition coefficient (Wildman–Crippen LogP) is 3.41. The molecule has 1 N–H and O–H groups in total. The minimum Gasteiger partial charge on any atom is -0.497 e. The number of carbonyl (C=O) groups is 2. The molecule has 192 valence electrons. The molecule has 0 saturated heterocycles. The molecule has 2 amide bonds. The van der Waals surface area contributed by atoms with Crippen LogP contribution in [-0.2, 0) is 26.2 Å². The summed E-state index contributed by atoms with van der Waals surface area (Å²) < 4.78 is 31.5. The summed E-state index contributed by atoms with van der Waals surface area (Å²) in [5.41, 5.74) is 3.38.